The van der Waals surface area contributed by atoms with Crippen molar-refractivity contribution in [2.75, 3.05) is 13.1 Å². The van der Waals surface area contributed by atoms with Crippen LogP contribution in [0.25, 0.3) is 0 Å². The van der Waals surface area contributed by atoms with Gasteiger partial charge in [-0.25, -0.2) is 5.01 Å². The van der Waals surface area contributed by atoms with E-state index in [0.717, 1.165) is 12.8 Å². The van der Waals surface area contributed by atoms with E-state index in [9.17, 15) is 10.1 Å². The van der Waals surface area contributed by atoms with Gasteiger partial charge in [0.25, 0.3) is 0 Å². The zero-order valence-electron chi connectivity index (χ0n) is 10.2. The van der Waals surface area contributed by atoms with Crippen molar-refractivity contribution in [3.05, 3.63) is 10.1 Å². The summed E-state index contributed by atoms with van der Waals surface area (Å²) in [5, 5.41) is 16.7. The minimum absolute atomic E-state index is 0.273. The molecule has 1 rings (SSSR count). The third-order valence-corrected chi connectivity index (χ3v) is 2.42. The van der Waals surface area contributed by atoms with E-state index in [0.29, 0.717) is 19.0 Å². The second-order valence-electron chi connectivity index (χ2n) is 4.47. The maximum atomic E-state index is 11.0. The van der Waals surface area contributed by atoms with Crippen LogP contribution in [0.5, 0.6) is 0 Å². The summed E-state index contributed by atoms with van der Waals surface area (Å²) in [7, 11) is 0. The van der Waals surface area contributed by atoms with Gasteiger partial charge in [0.1, 0.15) is 6.34 Å². The Morgan fingerprint density at radius 1 is 1.56 bits per heavy atom. The first-order chi connectivity index (χ1) is 7.56. The van der Waals surface area contributed by atoms with Crippen LogP contribution >= 0.6 is 0 Å². The number of rotatable bonds is 6. The Morgan fingerprint density at radius 2 is 2.25 bits per heavy atom. The Morgan fingerprint density at radius 3 is 2.75 bits per heavy atom. The third-order valence-electron chi connectivity index (χ3n) is 2.42. The first-order valence-corrected chi connectivity index (χ1v) is 5.76. The van der Waals surface area contributed by atoms with Crippen molar-refractivity contribution in [2.45, 2.75) is 39.9 Å². The van der Waals surface area contributed by atoms with Crippen molar-refractivity contribution in [3.63, 3.8) is 0 Å². The molecule has 1 aliphatic heterocycles. The Labute approximate surface area is 96.1 Å². The van der Waals surface area contributed by atoms with Gasteiger partial charge in [0.15, 0.2) is 0 Å². The zero-order chi connectivity index (χ0) is 12.1. The van der Waals surface area contributed by atoms with Crippen LogP contribution in [0.1, 0.15) is 33.6 Å². The molecule has 0 aromatic rings. The van der Waals surface area contributed by atoms with E-state index in [2.05, 4.69) is 12.0 Å². The molecule has 0 fully saturated rings. The van der Waals surface area contributed by atoms with E-state index in [4.69, 9.17) is 0 Å². The quantitative estimate of drug-likeness (QED) is 0.511. The molecular formula is C10H20N4O2. The lowest BCUT2D eigenvalue weighted by molar-refractivity contribution is -0.571. The molecule has 6 nitrogen and oxygen atoms in total. The predicted octanol–water partition coefficient (Wildman–Crippen LogP) is 1.56. The molecule has 0 amide bonds. The maximum absolute atomic E-state index is 11.0. The van der Waals surface area contributed by atoms with E-state index in [1.165, 1.54) is 0 Å². The van der Waals surface area contributed by atoms with E-state index in [1.807, 2.05) is 13.8 Å². The highest BCUT2D eigenvalue weighted by Crippen LogP contribution is 2.15. The summed E-state index contributed by atoms with van der Waals surface area (Å²) in [6, 6.07) is 0. The fraction of sp³-hybridized carbons (Fsp3) is 0.900. The molecule has 1 atom stereocenters. The van der Waals surface area contributed by atoms with Crippen LogP contribution in [0.15, 0.2) is 5.10 Å². The Hall–Kier alpha value is -1.33. The molecule has 0 aromatic heterocycles. The minimum atomic E-state index is -0.811. The first-order valence-electron chi connectivity index (χ1n) is 5.76. The van der Waals surface area contributed by atoms with Crippen molar-refractivity contribution in [1.82, 2.24) is 9.91 Å². The molecule has 0 bridgehead atoms. The van der Waals surface area contributed by atoms with Gasteiger partial charge in [-0.1, -0.05) is 27.2 Å². The van der Waals surface area contributed by atoms with E-state index < -0.39 is 6.29 Å². The SMILES string of the molecule is CCCCN1N=CN(CC(C)C)C1[N+](=O)[O-]. The molecule has 0 saturated heterocycles. The number of hydrogen-bond donors (Lipinski definition) is 0. The number of hydrogen-bond acceptors (Lipinski definition) is 5. The van der Waals surface area contributed by atoms with Gasteiger partial charge < -0.3 is 0 Å². The van der Waals surface area contributed by atoms with Gasteiger partial charge in [0, 0.05) is 13.1 Å². The fourth-order valence-corrected chi connectivity index (χ4v) is 1.71. The Kier molecular flexibility index (Phi) is 4.52. The zero-order valence-corrected chi connectivity index (χ0v) is 10.2. The molecule has 0 aromatic carbocycles. The van der Waals surface area contributed by atoms with E-state index in [-0.39, 0.29) is 4.92 Å². The van der Waals surface area contributed by atoms with Crippen molar-refractivity contribution in [2.24, 2.45) is 11.0 Å². The second-order valence-corrected chi connectivity index (χ2v) is 4.47. The Balaban J connectivity index is 2.61. The van der Waals surface area contributed by atoms with Crippen LogP contribution in [0.3, 0.4) is 0 Å². The molecule has 0 aliphatic carbocycles. The average Bonchev–Trinajstić information content (AvgIpc) is 2.56. The summed E-state index contributed by atoms with van der Waals surface area (Å²) in [6.45, 7) is 7.46. The van der Waals surface area contributed by atoms with Crippen LogP contribution in [-0.2, 0) is 0 Å². The van der Waals surface area contributed by atoms with Gasteiger partial charge in [-0.15, -0.1) is 0 Å². The van der Waals surface area contributed by atoms with Gasteiger partial charge in [0.05, 0.1) is 4.92 Å². The van der Waals surface area contributed by atoms with Crippen LogP contribution < -0.4 is 0 Å². The fourth-order valence-electron chi connectivity index (χ4n) is 1.71. The van der Waals surface area contributed by atoms with Gasteiger partial charge in [-0.05, 0) is 12.3 Å². The molecular weight excluding hydrogens is 208 g/mol. The predicted molar refractivity (Wildman–Crippen MR) is 62.4 cm³/mol. The molecule has 1 aliphatic rings. The normalized spacial score (nSPS) is 19.9. The highest BCUT2D eigenvalue weighted by atomic mass is 16.6. The van der Waals surface area contributed by atoms with Crippen LogP contribution in [0, 0.1) is 16.0 Å². The molecule has 1 heterocycles. The van der Waals surface area contributed by atoms with Gasteiger partial charge in [0.2, 0.25) is 0 Å². The summed E-state index contributed by atoms with van der Waals surface area (Å²) in [6.07, 6.45) is 2.72. The van der Waals surface area contributed by atoms with Crippen LogP contribution in [0.2, 0.25) is 0 Å². The minimum Gasteiger partial charge on any atom is -0.279 e. The molecule has 0 saturated carbocycles. The molecule has 1 unspecified atom stereocenters. The number of nitro groups is 1. The second kappa shape index (κ2) is 5.67. The highest BCUT2D eigenvalue weighted by Gasteiger charge is 2.37. The van der Waals surface area contributed by atoms with Crippen LogP contribution in [-0.4, -0.2) is 40.5 Å². The molecule has 6 heteroatoms. The lowest BCUT2D eigenvalue weighted by atomic mass is 10.2. The smallest absolute Gasteiger partial charge is 0.279 e. The topological polar surface area (TPSA) is 62.0 Å². The summed E-state index contributed by atoms with van der Waals surface area (Å²) in [5.74, 6) is 0.389. The van der Waals surface area contributed by atoms with Crippen LogP contribution in [0.4, 0.5) is 0 Å². The van der Waals surface area contributed by atoms with E-state index >= 15 is 0 Å². The highest BCUT2D eigenvalue weighted by molar-refractivity contribution is 5.56. The lowest BCUT2D eigenvalue weighted by Gasteiger charge is -2.24. The average molecular weight is 228 g/mol. The van der Waals surface area contributed by atoms with Gasteiger partial charge in [-0.3, -0.25) is 15.0 Å². The standard InChI is InChI=1S/C10H20N4O2/c1-4-5-6-13-10(14(15)16)12(8-11-13)7-9(2)3/h8-10H,4-7H2,1-3H3. The van der Waals surface area contributed by atoms with E-state index in [1.54, 1.807) is 16.2 Å². The van der Waals surface area contributed by atoms with Gasteiger partial charge in [-0.2, -0.15) is 5.10 Å². The van der Waals surface area contributed by atoms with Crippen molar-refractivity contribution in [3.8, 4) is 0 Å². The lowest BCUT2D eigenvalue weighted by Crippen LogP contribution is -2.47. The largest absolute Gasteiger partial charge is 0.383 e. The number of hydrazone groups is 1. The number of nitrogens with zero attached hydrogens (tertiary/aromatic N) is 4. The molecule has 0 N–H and O–H groups in total. The number of unbranched alkanes of at least 4 members (excludes halogenated alkanes) is 1. The van der Waals surface area contributed by atoms with Crippen molar-refractivity contribution < 1.29 is 4.92 Å². The summed E-state index contributed by atoms with van der Waals surface area (Å²) < 4.78 is 0. The maximum Gasteiger partial charge on any atom is 0.383 e. The third kappa shape index (κ3) is 3.08. The molecule has 0 radical (unpaired) electrons. The molecule has 16 heavy (non-hydrogen) atoms. The van der Waals surface area contributed by atoms with Gasteiger partial charge >= 0.3 is 6.29 Å². The molecule has 0 spiro atoms. The summed E-state index contributed by atoms with van der Waals surface area (Å²) in [4.78, 5) is 12.4. The first kappa shape index (κ1) is 12.7. The summed E-state index contributed by atoms with van der Waals surface area (Å²) >= 11 is 0. The van der Waals surface area contributed by atoms with Crippen molar-refractivity contribution >= 4 is 6.34 Å². The summed E-state index contributed by atoms with van der Waals surface area (Å²) in [5.41, 5.74) is 0. The van der Waals surface area contributed by atoms with Crippen molar-refractivity contribution in [1.29, 1.82) is 0 Å². The monoisotopic (exact) mass is 228 g/mol. The molecule has 92 valence electrons. The Bertz CT molecular complexity index is 268.